The van der Waals surface area contributed by atoms with Gasteiger partial charge in [0.15, 0.2) is 11.5 Å². The highest BCUT2D eigenvalue weighted by atomic mass is 16.5. The number of rotatable bonds is 7. The number of morpholine rings is 1. The molecule has 1 aromatic carbocycles. The number of nitrogens with one attached hydrogen (secondary N) is 1. The molecular weight excluding hydrogens is 372 g/mol. The Morgan fingerprint density at radius 3 is 2.66 bits per heavy atom. The van der Waals surface area contributed by atoms with Crippen molar-refractivity contribution < 1.29 is 19.0 Å². The molecule has 0 spiro atoms. The van der Waals surface area contributed by atoms with Gasteiger partial charge in [0.05, 0.1) is 34.0 Å². The molecule has 8 nitrogen and oxygen atoms in total. The van der Waals surface area contributed by atoms with E-state index in [1.54, 1.807) is 32.4 Å². The van der Waals surface area contributed by atoms with Gasteiger partial charge in [-0.05, 0) is 30.7 Å². The average Bonchev–Trinajstić information content (AvgIpc) is 2.76. The van der Waals surface area contributed by atoms with E-state index < -0.39 is 0 Å². The molecule has 1 fully saturated rings. The molecule has 0 atom stereocenters. The second-order valence-corrected chi connectivity index (χ2v) is 6.55. The number of aryl methyl sites for hydroxylation is 1. The number of amides is 1. The van der Waals surface area contributed by atoms with Crippen molar-refractivity contribution in [2.45, 2.75) is 13.5 Å². The monoisotopic (exact) mass is 398 g/mol. The molecule has 0 saturated carbocycles. The molecule has 1 aromatic heterocycles. The molecule has 2 heterocycles. The summed E-state index contributed by atoms with van der Waals surface area (Å²) < 4.78 is 15.9. The number of methoxy groups -OCH3 is 2. The van der Waals surface area contributed by atoms with Gasteiger partial charge in [-0.3, -0.25) is 4.79 Å². The van der Waals surface area contributed by atoms with Crippen molar-refractivity contribution in [2.75, 3.05) is 45.4 Å². The molecule has 0 unspecified atom stereocenters. The number of hydrogen-bond acceptors (Lipinski definition) is 7. The zero-order chi connectivity index (χ0) is 20.6. The average molecular weight is 398 g/mol. The van der Waals surface area contributed by atoms with Crippen LogP contribution < -0.4 is 19.7 Å². The predicted octanol–water partition coefficient (Wildman–Crippen LogP) is 1.97. The lowest BCUT2D eigenvalue weighted by molar-refractivity contribution is -0.116. The summed E-state index contributed by atoms with van der Waals surface area (Å²) in [5.74, 6) is 2.48. The molecule has 1 amide bonds. The summed E-state index contributed by atoms with van der Waals surface area (Å²) in [4.78, 5) is 23.4. The van der Waals surface area contributed by atoms with E-state index in [0.717, 1.165) is 30.2 Å². The Kier molecular flexibility index (Phi) is 7.02. The van der Waals surface area contributed by atoms with Crippen LogP contribution in [0.1, 0.15) is 17.1 Å². The number of benzene rings is 1. The van der Waals surface area contributed by atoms with Crippen LogP contribution in [0.2, 0.25) is 0 Å². The Bertz CT molecular complexity index is 879. The topological polar surface area (TPSA) is 85.8 Å². The van der Waals surface area contributed by atoms with Crippen molar-refractivity contribution in [2.24, 2.45) is 0 Å². The van der Waals surface area contributed by atoms with Crippen LogP contribution in [0.25, 0.3) is 6.08 Å². The third-order valence-electron chi connectivity index (χ3n) is 4.48. The van der Waals surface area contributed by atoms with Gasteiger partial charge in [-0.25, -0.2) is 9.97 Å². The van der Waals surface area contributed by atoms with E-state index in [1.807, 2.05) is 19.1 Å². The van der Waals surface area contributed by atoms with Crippen molar-refractivity contribution in [3.8, 4) is 11.5 Å². The highest BCUT2D eigenvalue weighted by Gasteiger charge is 2.14. The first-order valence-corrected chi connectivity index (χ1v) is 9.44. The van der Waals surface area contributed by atoms with Crippen LogP contribution in [-0.2, 0) is 16.1 Å². The first kappa shape index (κ1) is 20.6. The number of hydrogen-bond donors (Lipinski definition) is 1. The highest BCUT2D eigenvalue weighted by molar-refractivity contribution is 5.91. The van der Waals surface area contributed by atoms with Crippen LogP contribution in [0, 0.1) is 6.92 Å². The maximum absolute atomic E-state index is 12.2. The molecular formula is C21H26N4O4. The Morgan fingerprint density at radius 2 is 1.93 bits per heavy atom. The molecule has 1 saturated heterocycles. The van der Waals surface area contributed by atoms with Gasteiger partial charge < -0.3 is 24.4 Å². The van der Waals surface area contributed by atoms with E-state index in [-0.39, 0.29) is 12.5 Å². The molecule has 29 heavy (non-hydrogen) atoms. The van der Waals surface area contributed by atoms with Crippen LogP contribution >= 0.6 is 0 Å². The van der Waals surface area contributed by atoms with Crippen LogP contribution in [0.4, 0.5) is 5.82 Å². The fourth-order valence-corrected chi connectivity index (χ4v) is 3.00. The van der Waals surface area contributed by atoms with E-state index in [9.17, 15) is 4.79 Å². The summed E-state index contributed by atoms with van der Waals surface area (Å²) in [6, 6.07) is 7.40. The molecule has 1 aliphatic rings. The highest BCUT2D eigenvalue weighted by Crippen LogP contribution is 2.27. The first-order chi connectivity index (χ1) is 14.1. The van der Waals surface area contributed by atoms with Gasteiger partial charge in [0.25, 0.3) is 0 Å². The van der Waals surface area contributed by atoms with Gasteiger partial charge in [0, 0.05) is 30.9 Å². The summed E-state index contributed by atoms with van der Waals surface area (Å²) in [6.45, 7) is 5.17. The Morgan fingerprint density at radius 1 is 1.17 bits per heavy atom. The molecule has 3 rings (SSSR count). The van der Waals surface area contributed by atoms with Gasteiger partial charge in [-0.1, -0.05) is 6.07 Å². The smallest absolute Gasteiger partial charge is 0.244 e. The third kappa shape index (κ3) is 5.68. The van der Waals surface area contributed by atoms with E-state index in [2.05, 4.69) is 20.2 Å². The third-order valence-corrected chi connectivity index (χ3v) is 4.48. The zero-order valence-corrected chi connectivity index (χ0v) is 17.0. The SMILES string of the molecule is COc1ccc(/C=C/C(=O)NCc2nc(C)cc(N3CCOCC3)n2)cc1OC. The fourth-order valence-electron chi connectivity index (χ4n) is 3.00. The quantitative estimate of drug-likeness (QED) is 0.714. The van der Waals surface area contributed by atoms with E-state index in [0.29, 0.717) is 30.5 Å². The maximum Gasteiger partial charge on any atom is 0.244 e. The molecule has 8 heteroatoms. The van der Waals surface area contributed by atoms with Crippen molar-refractivity contribution in [1.29, 1.82) is 0 Å². The van der Waals surface area contributed by atoms with Crippen LogP contribution in [0.5, 0.6) is 11.5 Å². The Balaban J connectivity index is 1.60. The fraction of sp³-hybridized carbons (Fsp3) is 0.381. The summed E-state index contributed by atoms with van der Waals surface area (Å²) in [5, 5.41) is 2.83. The number of carbonyl (C=O) groups is 1. The van der Waals surface area contributed by atoms with Crippen LogP contribution in [-0.4, -0.2) is 56.4 Å². The number of anilines is 1. The normalized spacial score (nSPS) is 14.1. The van der Waals surface area contributed by atoms with Gasteiger partial charge in [0.1, 0.15) is 11.6 Å². The minimum Gasteiger partial charge on any atom is -0.493 e. The van der Waals surface area contributed by atoms with Crippen LogP contribution in [0.3, 0.4) is 0 Å². The second-order valence-electron chi connectivity index (χ2n) is 6.55. The second kappa shape index (κ2) is 9.88. The van der Waals surface area contributed by atoms with E-state index in [4.69, 9.17) is 14.2 Å². The number of nitrogens with zero attached hydrogens (tertiary/aromatic N) is 3. The lowest BCUT2D eigenvalue weighted by Gasteiger charge is -2.28. The molecule has 1 N–H and O–H groups in total. The maximum atomic E-state index is 12.2. The zero-order valence-electron chi connectivity index (χ0n) is 17.0. The van der Waals surface area contributed by atoms with E-state index in [1.165, 1.54) is 6.08 Å². The predicted molar refractivity (Wildman–Crippen MR) is 110 cm³/mol. The van der Waals surface area contributed by atoms with Crippen molar-refractivity contribution in [3.05, 3.63) is 47.4 Å². The van der Waals surface area contributed by atoms with Gasteiger partial charge >= 0.3 is 0 Å². The number of aromatic nitrogens is 2. The van der Waals surface area contributed by atoms with Gasteiger partial charge in [0.2, 0.25) is 5.91 Å². The Hall–Kier alpha value is -3.13. The minimum atomic E-state index is -0.224. The van der Waals surface area contributed by atoms with Crippen molar-refractivity contribution >= 4 is 17.8 Å². The standard InChI is InChI=1S/C21H26N4O4/c1-15-12-20(25-8-10-29-11-9-25)24-19(23-15)14-22-21(26)7-5-16-4-6-17(27-2)18(13-16)28-3/h4-7,12-13H,8-11,14H2,1-3H3,(H,22,26)/b7-5+. The molecule has 0 aliphatic carbocycles. The largest absolute Gasteiger partial charge is 0.493 e. The summed E-state index contributed by atoms with van der Waals surface area (Å²) in [7, 11) is 3.16. The summed E-state index contributed by atoms with van der Waals surface area (Å²) >= 11 is 0. The minimum absolute atomic E-state index is 0.224. The lowest BCUT2D eigenvalue weighted by atomic mass is 10.2. The molecule has 0 bridgehead atoms. The van der Waals surface area contributed by atoms with Crippen molar-refractivity contribution in [1.82, 2.24) is 15.3 Å². The number of ether oxygens (including phenoxy) is 3. The van der Waals surface area contributed by atoms with Crippen LogP contribution in [0.15, 0.2) is 30.3 Å². The molecule has 0 radical (unpaired) electrons. The number of carbonyl (C=O) groups excluding carboxylic acids is 1. The van der Waals surface area contributed by atoms with Crippen molar-refractivity contribution in [3.63, 3.8) is 0 Å². The summed E-state index contributed by atoms with van der Waals surface area (Å²) in [5.41, 5.74) is 1.70. The molecule has 2 aromatic rings. The lowest BCUT2D eigenvalue weighted by Crippen LogP contribution is -2.37. The molecule has 154 valence electrons. The van der Waals surface area contributed by atoms with Gasteiger partial charge in [-0.2, -0.15) is 0 Å². The van der Waals surface area contributed by atoms with Gasteiger partial charge in [-0.15, -0.1) is 0 Å². The van der Waals surface area contributed by atoms with E-state index >= 15 is 0 Å². The Labute approximate surface area is 170 Å². The molecule has 1 aliphatic heterocycles. The summed E-state index contributed by atoms with van der Waals surface area (Å²) in [6.07, 6.45) is 3.19. The first-order valence-electron chi connectivity index (χ1n) is 9.44.